The van der Waals surface area contributed by atoms with Gasteiger partial charge in [0.2, 0.25) is 0 Å². The van der Waals surface area contributed by atoms with Crippen molar-refractivity contribution in [3.8, 4) is 0 Å². The van der Waals surface area contributed by atoms with E-state index in [1.54, 1.807) is 12.3 Å². The summed E-state index contributed by atoms with van der Waals surface area (Å²) in [6, 6.07) is 3.57. The first-order valence-corrected chi connectivity index (χ1v) is 3.40. The molecule has 0 aliphatic carbocycles. The van der Waals surface area contributed by atoms with Gasteiger partial charge in [-0.15, -0.1) is 24.0 Å². The Bertz CT molecular complexity index is 185. The summed E-state index contributed by atoms with van der Waals surface area (Å²) in [5.74, 6) is 0.490. The number of alkyl halides is 1. The molecule has 0 saturated heterocycles. The summed E-state index contributed by atoms with van der Waals surface area (Å²) < 4.78 is 0. The van der Waals surface area contributed by atoms with Gasteiger partial charge in [-0.05, 0) is 11.6 Å². The number of halogens is 3. The Balaban J connectivity index is 0.000000810. The minimum Gasteiger partial charge on any atom is -0.244 e. The lowest BCUT2D eigenvalue weighted by atomic mass is 10.3. The largest absolute Gasteiger partial charge is 0.244 e. The van der Waals surface area contributed by atoms with Crippen molar-refractivity contribution in [2.24, 2.45) is 0 Å². The van der Waals surface area contributed by atoms with Gasteiger partial charge in [-0.1, -0.05) is 17.7 Å². The smallest absolute Gasteiger partial charge is 0.129 e. The van der Waals surface area contributed by atoms with E-state index in [0.717, 1.165) is 5.56 Å². The summed E-state index contributed by atoms with van der Waals surface area (Å²) in [4.78, 5) is 3.83. The van der Waals surface area contributed by atoms with Crippen LogP contribution in [0, 0.1) is 0 Å². The van der Waals surface area contributed by atoms with Crippen LogP contribution >= 0.6 is 35.6 Å². The molecular weight excluding hydrogens is 192 g/mol. The van der Waals surface area contributed by atoms with E-state index >= 15 is 0 Å². The lowest BCUT2D eigenvalue weighted by Gasteiger charge is -1.91. The average molecular weight is 198 g/mol. The van der Waals surface area contributed by atoms with Crippen molar-refractivity contribution >= 4 is 35.6 Å². The van der Waals surface area contributed by atoms with E-state index in [4.69, 9.17) is 23.2 Å². The molecular formula is C6H6Cl3N. The summed E-state index contributed by atoms with van der Waals surface area (Å²) in [7, 11) is 0. The molecule has 1 aromatic rings. The summed E-state index contributed by atoms with van der Waals surface area (Å²) in [5.41, 5.74) is 0.987. The van der Waals surface area contributed by atoms with Gasteiger partial charge < -0.3 is 0 Å². The number of pyridine rings is 1. The summed E-state index contributed by atoms with van der Waals surface area (Å²) in [6.45, 7) is 0. The molecule has 0 aliphatic rings. The van der Waals surface area contributed by atoms with Crippen molar-refractivity contribution in [3.63, 3.8) is 0 Å². The molecule has 1 aromatic heterocycles. The van der Waals surface area contributed by atoms with Crippen LogP contribution in [-0.4, -0.2) is 4.98 Å². The lowest BCUT2D eigenvalue weighted by molar-refractivity contribution is 1.25. The molecule has 0 fully saturated rings. The van der Waals surface area contributed by atoms with Crippen molar-refractivity contribution < 1.29 is 0 Å². The number of hydrogen-bond donors (Lipinski definition) is 0. The SMILES string of the molecule is Cl.ClCc1ccc(Cl)nc1. The number of hydrogen-bond acceptors (Lipinski definition) is 1. The average Bonchev–Trinajstić information content (AvgIpc) is 1.90. The van der Waals surface area contributed by atoms with Crippen LogP contribution in [0.15, 0.2) is 18.3 Å². The molecule has 4 heteroatoms. The zero-order chi connectivity index (χ0) is 6.69. The lowest BCUT2D eigenvalue weighted by Crippen LogP contribution is -1.78. The summed E-state index contributed by atoms with van der Waals surface area (Å²) in [5, 5.41) is 0.504. The second kappa shape index (κ2) is 4.78. The normalized spacial score (nSPS) is 8.60. The molecule has 0 amide bonds. The van der Waals surface area contributed by atoms with Gasteiger partial charge in [-0.2, -0.15) is 0 Å². The monoisotopic (exact) mass is 197 g/mol. The summed E-state index contributed by atoms with van der Waals surface area (Å²) in [6.07, 6.45) is 1.66. The van der Waals surface area contributed by atoms with E-state index < -0.39 is 0 Å². The third kappa shape index (κ3) is 2.74. The number of aromatic nitrogens is 1. The number of nitrogens with zero attached hydrogens (tertiary/aromatic N) is 1. The fraction of sp³-hybridized carbons (Fsp3) is 0.167. The maximum Gasteiger partial charge on any atom is 0.129 e. The molecule has 0 N–H and O–H groups in total. The molecule has 1 nitrogen and oxygen atoms in total. The molecule has 0 radical (unpaired) electrons. The van der Waals surface area contributed by atoms with Crippen molar-refractivity contribution in [2.45, 2.75) is 5.88 Å². The van der Waals surface area contributed by atoms with E-state index in [9.17, 15) is 0 Å². The molecule has 10 heavy (non-hydrogen) atoms. The minimum atomic E-state index is 0. The first-order chi connectivity index (χ1) is 4.33. The van der Waals surface area contributed by atoms with Gasteiger partial charge in [-0.25, -0.2) is 4.98 Å². The predicted molar refractivity (Wildman–Crippen MR) is 46.1 cm³/mol. The fourth-order valence-electron chi connectivity index (χ4n) is 0.485. The highest BCUT2D eigenvalue weighted by molar-refractivity contribution is 6.29. The Morgan fingerprint density at radius 2 is 2.10 bits per heavy atom. The van der Waals surface area contributed by atoms with Crippen LogP contribution in [0.4, 0.5) is 0 Å². The van der Waals surface area contributed by atoms with Gasteiger partial charge in [0.1, 0.15) is 5.15 Å². The van der Waals surface area contributed by atoms with Crippen molar-refractivity contribution in [3.05, 3.63) is 29.0 Å². The molecule has 0 saturated carbocycles. The van der Waals surface area contributed by atoms with Gasteiger partial charge in [0.25, 0.3) is 0 Å². The highest BCUT2D eigenvalue weighted by atomic mass is 35.5. The van der Waals surface area contributed by atoms with E-state index in [0.29, 0.717) is 11.0 Å². The third-order valence-corrected chi connectivity index (χ3v) is 1.48. The minimum absolute atomic E-state index is 0. The highest BCUT2D eigenvalue weighted by Gasteiger charge is 1.88. The second-order valence-corrected chi connectivity index (χ2v) is 2.28. The van der Waals surface area contributed by atoms with Gasteiger partial charge in [0.15, 0.2) is 0 Å². The Morgan fingerprint density at radius 3 is 2.50 bits per heavy atom. The highest BCUT2D eigenvalue weighted by Crippen LogP contribution is 2.06. The van der Waals surface area contributed by atoms with Gasteiger partial charge in [0, 0.05) is 12.1 Å². The molecule has 1 heterocycles. The molecule has 0 atom stereocenters. The van der Waals surface area contributed by atoms with Gasteiger partial charge in [0.05, 0.1) is 0 Å². The van der Waals surface area contributed by atoms with E-state index in [1.165, 1.54) is 0 Å². The van der Waals surface area contributed by atoms with Crippen LogP contribution in [-0.2, 0) is 5.88 Å². The van der Waals surface area contributed by atoms with Crippen LogP contribution < -0.4 is 0 Å². The zero-order valence-electron chi connectivity index (χ0n) is 5.05. The number of rotatable bonds is 1. The Morgan fingerprint density at radius 1 is 1.40 bits per heavy atom. The fourth-order valence-corrected chi connectivity index (χ4v) is 0.755. The molecule has 0 aliphatic heterocycles. The first-order valence-electron chi connectivity index (χ1n) is 2.49. The van der Waals surface area contributed by atoms with E-state index in [2.05, 4.69) is 4.98 Å². The quantitative estimate of drug-likeness (QED) is 0.499. The molecule has 0 aromatic carbocycles. The third-order valence-electron chi connectivity index (χ3n) is 0.943. The first kappa shape index (κ1) is 10.0. The molecule has 0 unspecified atom stereocenters. The van der Waals surface area contributed by atoms with Crippen LogP contribution in [0.25, 0.3) is 0 Å². The predicted octanol–water partition coefficient (Wildman–Crippen LogP) is 2.90. The van der Waals surface area contributed by atoms with Gasteiger partial charge >= 0.3 is 0 Å². The maximum absolute atomic E-state index is 5.51. The van der Waals surface area contributed by atoms with Crippen LogP contribution in [0.3, 0.4) is 0 Å². The van der Waals surface area contributed by atoms with E-state index in [1.807, 2.05) is 6.07 Å². The van der Waals surface area contributed by atoms with Crippen molar-refractivity contribution in [1.29, 1.82) is 0 Å². The van der Waals surface area contributed by atoms with Crippen LogP contribution in [0.1, 0.15) is 5.56 Å². The maximum atomic E-state index is 5.51. The van der Waals surface area contributed by atoms with Crippen molar-refractivity contribution in [1.82, 2.24) is 4.98 Å². The van der Waals surface area contributed by atoms with Crippen molar-refractivity contribution in [2.75, 3.05) is 0 Å². The Labute approximate surface area is 75.8 Å². The second-order valence-electron chi connectivity index (χ2n) is 1.62. The van der Waals surface area contributed by atoms with Crippen LogP contribution in [0.5, 0.6) is 0 Å². The van der Waals surface area contributed by atoms with E-state index in [-0.39, 0.29) is 12.4 Å². The van der Waals surface area contributed by atoms with Gasteiger partial charge in [-0.3, -0.25) is 0 Å². The molecule has 0 bridgehead atoms. The topological polar surface area (TPSA) is 12.9 Å². The Kier molecular flexibility index (Phi) is 4.79. The molecule has 1 rings (SSSR count). The molecule has 0 spiro atoms. The van der Waals surface area contributed by atoms with Crippen LogP contribution in [0.2, 0.25) is 5.15 Å². The standard InChI is InChI=1S/C6H5Cl2N.ClH/c7-3-5-1-2-6(8)9-4-5;/h1-2,4H,3H2;1H. The molecule has 56 valence electrons. The Hall–Kier alpha value is 0.0200. The zero-order valence-corrected chi connectivity index (χ0v) is 7.38. The summed E-state index contributed by atoms with van der Waals surface area (Å²) >= 11 is 11.0.